The molecule has 0 bridgehead atoms. The van der Waals surface area contributed by atoms with Crippen molar-refractivity contribution >= 4 is 39.8 Å². The Bertz CT molecular complexity index is 1120. The van der Waals surface area contributed by atoms with Crippen LogP contribution in [-0.4, -0.2) is 31.4 Å². The van der Waals surface area contributed by atoms with E-state index in [0.717, 1.165) is 17.1 Å². The summed E-state index contributed by atoms with van der Waals surface area (Å²) in [6.07, 6.45) is 2.05. The van der Waals surface area contributed by atoms with Gasteiger partial charge in [-0.05, 0) is 36.4 Å². The molecule has 11 heteroatoms. The molecular formula is C19H17FN6O2S2. The molecule has 1 aromatic carbocycles. The van der Waals surface area contributed by atoms with Gasteiger partial charge in [-0.3, -0.25) is 9.36 Å². The molecule has 0 fully saturated rings. The molecule has 30 heavy (non-hydrogen) atoms. The third kappa shape index (κ3) is 5.05. The first-order chi connectivity index (χ1) is 14.6. The third-order valence-electron chi connectivity index (χ3n) is 4.02. The number of halogens is 1. The molecular weight excluding hydrogens is 427 g/mol. The maximum absolute atomic E-state index is 13.1. The average Bonchev–Trinajstić information content (AvgIpc) is 3.46. The van der Waals surface area contributed by atoms with Gasteiger partial charge in [0.2, 0.25) is 5.91 Å². The molecule has 8 nitrogen and oxygen atoms in total. The van der Waals surface area contributed by atoms with Crippen molar-refractivity contribution < 1.29 is 13.6 Å². The molecule has 0 atom stereocenters. The zero-order chi connectivity index (χ0) is 20.9. The van der Waals surface area contributed by atoms with E-state index in [2.05, 4.69) is 20.5 Å². The Hall–Kier alpha value is -3.18. The smallest absolute Gasteiger partial charge is 0.227 e. The standard InChI is InChI=1S/C19H17FN6O2S2/c20-12-3-5-13(6-4-12)22-18-23-14(10-29-18)8-17-24-25-19(30-11-16(21)27)26(17)9-15-2-1-7-28-15/h1-7,10H,8-9,11H2,(H2,21,27)(H,22,23). The van der Waals surface area contributed by atoms with E-state index in [1.54, 1.807) is 18.4 Å². The number of rotatable bonds is 9. The van der Waals surface area contributed by atoms with Crippen molar-refractivity contribution in [2.75, 3.05) is 11.1 Å². The molecule has 0 aliphatic heterocycles. The van der Waals surface area contributed by atoms with Gasteiger partial charge in [0.1, 0.15) is 17.4 Å². The Morgan fingerprint density at radius 1 is 1.27 bits per heavy atom. The summed E-state index contributed by atoms with van der Waals surface area (Å²) in [7, 11) is 0. The molecule has 1 amide bonds. The highest BCUT2D eigenvalue weighted by Gasteiger charge is 2.17. The number of nitrogens with zero attached hydrogens (tertiary/aromatic N) is 4. The minimum Gasteiger partial charge on any atom is -0.467 e. The van der Waals surface area contributed by atoms with Crippen LogP contribution >= 0.6 is 23.1 Å². The summed E-state index contributed by atoms with van der Waals surface area (Å²) >= 11 is 2.67. The highest BCUT2D eigenvalue weighted by atomic mass is 32.2. The van der Waals surface area contributed by atoms with Crippen molar-refractivity contribution in [1.82, 2.24) is 19.7 Å². The summed E-state index contributed by atoms with van der Waals surface area (Å²) in [6.45, 7) is 0.432. The molecule has 0 aliphatic rings. The number of hydrogen-bond donors (Lipinski definition) is 2. The predicted molar refractivity (Wildman–Crippen MR) is 112 cm³/mol. The number of carbonyl (C=O) groups excluding carboxylic acids is 1. The Balaban J connectivity index is 1.51. The molecule has 3 N–H and O–H groups in total. The third-order valence-corrected chi connectivity index (χ3v) is 5.81. The van der Waals surface area contributed by atoms with E-state index in [4.69, 9.17) is 10.2 Å². The van der Waals surface area contributed by atoms with Crippen molar-refractivity contribution in [3.05, 3.63) is 71.1 Å². The maximum Gasteiger partial charge on any atom is 0.227 e. The van der Waals surface area contributed by atoms with Gasteiger partial charge in [0.25, 0.3) is 0 Å². The van der Waals surface area contributed by atoms with Crippen LogP contribution in [-0.2, 0) is 17.8 Å². The number of benzene rings is 1. The summed E-state index contributed by atoms with van der Waals surface area (Å²) in [5, 5.41) is 14.8. The first-order valence-electron chi connectivity index (χ1n) is 8.89. The molecule has 0 radical (unpaired) electrons. The number of aromatic nitrogens is 4. The van der Waals surface area contributed by atoms with Gasteiger partial charge >= 0.3 is 0 Å². The zero-order valence-corrected chi connectivity index (χ0v) is 17.3. The normalized spacial score (nSPS) is 11.0. The lowest BCUT2D eigenvalue weighted by molar-refractivity contribution is -0.115. The van der Waals surface area contributed by atoms with Crippen molar-refractivity contribution in [1.29, 1.82) is 0 Å². The van der Waals surface area contributed by atoms with Gasteiger partial charge in [-0.25, -0.2) is 9.37 Å². The highest BCUT2D eigenvalue weighted by Crippen LogP contribution is 2.24. The van der Waals surface area contributed by atoms with Gasteiger partial charge in [0.15, 0.2) is 10.3 Å². The fraction of sp³-hybridized carbons (Fsp3) is 0.158. The quantitative estimate of drug-likeness (QED) is 0.380. The molecule has 3 heterocycles. The molecule has 0 saturated heterocycles. The first kappa shape index (κ1) is 20.1. The van der Waals surface area contributed by atoms with Gasteiger partial charge in [-0.15, -0.1) is 21.5 Å². The Morgan fingerprint density at radius 3 is 2.83 bits per heavy atom. The molecule has 154 valence electrons. The van der Waals surface area contributed by atoms with Crippen LogP contribution < -0.4 is 11.1 Å². The van der Waals surface area contributed by atoms with E-state index in [9.17, 15) is 9.18 Å². The van der Waals surface area contributed by atoms with E-state index >= 15 is 0 Å². The number of primary amides is 1. The van der Waals surface area contributed by atoms with Crippen molar-refractivity contribution in [2.45, 2.75) is 18.1 Å². The van der Waals surface area contributed by atoms with Gasteiger partial charge in [0, 0.05) is 11.1 Å². The van der Waals surface area contributed by atoms with E-state index in [-0.39, 0.29) is 11.6 Å². The minimum absolute atomic E-state index is 0.110. The van der Waals surface area contributed by atoms with Gasteiger partial charge in [-0.2, -0.15) is 0 Å². The first-order valence-corrected chi connectivity index (χ1v) is 10.8. The number of thioether (sulfide) groups is 1. The maximum atomic E-state index is 13.1. The molecule has 0 spiro atoms. The summed E-state index contributed by atoms with van der Waals surface area (Å²) in [5.74, 6) is 0.830. The molecule has 0 unspecified atom stereocenters. The number of furan rings is 1. The Morgan fingerprint density at radius 2 is 2.10 bits per heavy atom. The zero-order valence-electron chi connectivity index (χ0n) is 15.6. The van der Waals surface area contributed by atoms with Crippen LogP contribution in [0.2, 0.25) is 0 Å². The van der Waals surface area contributed by atoms with E-state index < -0.39 is 5.91 Å². The molecule has 4 aromatic rings. The summed E-state index contributed by atoms with van der Waals surface area (Å²) in [5.41, 5.74) is 6.82. The van der Waals surface area contributed by atoms with Crippen LogP contribution in [0, 0.1) is 5.82 Å². The molecule has 4 rings (SSSR count). The van der Waals surface area contributed by atoms with E-state index in [1.807, 2.05) is 22.1 Å². The number of nitrogens with one attached hydrogen (secondary N) is 1. The van der Waals surface area contributed by atoms with E-state index in [0.29, 0.717) is 29.1 Å². The van der Waals surface area contributed by atoms with Crippen LogP contribution in [0.4, 0.5) is 15.2 Å². The molecule has 3 aromatic heterocycles. The number of amides is 1. The number of thiazole rings is 1. The number of carbonyl (C=O) groups is 1. The lowest BCUT2D eigenvalue weighted by Gasteiger charge is -2.07. The number of nitrogens with two attached hydrogens (primary N) is 1. The second-order valence-electron chi connectivity index (χ2n) is 6.27. The average molecular weight is 445 g/mol. The lowest BCUT2D eigenvalue weighted by atomic mass is 10.3. The van der Waals surface area contributed by atoms with Crippen molar-refractivity contribution in [3.63, 3.8) is 0 Å². The van der Waals surface area contributed by atoms with Gasteiger partial charge < -0.3 is 15.5 Å². The Labute approximate surface area is 179 Å². The molecule has 0 saturated carbocycles. The van der Waals surface area contributed by atoms with Crippen LogP contribution in [0.3, 0.4) is 0 Å². The van der Waals surface area contributed by atoms with Crippen LogP contribution in [0.15, 0.2) is 57.6 Å². The summed E-state index contributed by atoms with van der Waals surface area (Å²) < 4.78 is 20.4. The van der Waals surface area contributed by atoms with Crippen molar-refractivity contribution in [2.24, 2.45) is 5.73 Å². The van der Waals surface area contributed by atoms with Gasteiger partial charge in [-0.1, -0.05) is 11.8 Å². The SMILES string of the molecule is NC(=O)CSc1nnc(Cc2csc(Nc3ccc(F)cc3)n2)n1Cc1ccco1. The van der Waals surface area contributed by atoms with Crippen LogP contribution in [0.1, 0.15) is 17.3 Å². The highest BCUT2D eigenvalue weighted by molar-refractivity contribution is 7.99. The fourth-order valence-corrected chi connectivity index (χ4v) is 4.10. The van der Waals surface area contributed by atoms with E-state index in [1.165, 1.54) is 35.2 Å². The second-order valence-corrected chi connectivity index (χ2v) is 8.07. The van der Waals surface area contributed by atoms with Crippen LogP contribution in [0.25, 0.3) is 0 Å². The second kappa shape index (κ2) is 9.09. The van der Waals surface area contributed by atoms with Crippen molar-refractivity contribution in [3.8, 4) is 0 Å². The summed E-state index contributed by atoms with van der Waals surface area (Å²) in [6, 6.07) is 9.75. The van der Waals surface area contributed by atoms with Gasteiger partial charge in [0.05, 0.1) is 30.7 Å². The lowest BCUT2D eigenvalue weighted by Crippen LogP contribution is -2.14. The number of hydrogen-bond acceptors (Lipinski definition) is 8. The predicted octanol–water partition coefficient (Wildman–Crippen LogP) is 3.43. The Kier molecular flexibility index (Phi) is 6.10. The monoisotopic (exact) mass is 444 g/mol. The summed E-state index contributed by atoms with van der Waals surface area (Å²) in [4.78, 5) is 15.7. The largest absolute Gasteiger partial charge is 0.467 e. The minimum atomic E-state index is -0.426. The van der Waals surface area contributed by atoms with Crippen LogP contribution in [0.5, 0.6) is 0 Å². The molecule has 0 aliphatic carbocycles. The topological polar surface area (TPSA) is 112 Å². The fourth-order valence-electron chi connectivity index (χ4n) is 2.67. The number of anilines is 2.